The van der Waals surface area contributed by atoms with Gasteiger partial charge in [-0.15, -0.1) is 0 Å². The molecule has 38 heavy (non-hydrogen) atoms. The van der Waals surface area contributed by atoms with Crippen LogP contribution in [0.15, 0.2) is 48.5 Å². The van der Waals surface area contributed by atoms with Crippen LogP contribution in [-0.2, 0) is 14.3 Å². The lowest BCUT2D eigenvalue weighted by Crippen LogP contribution is -2.74. The van der Waals surface area contributed by atoms with Crippen LogP contribution in [0.3, 0.4) is 0 Å². The van der Waals surface area contributed by atoms with Crippen molar-refractivity contribution in [1.82, 2.24) is 14.7 Å². The van der Waals surface area contributed by atoms with Crippen molar-refractivity contribution in [2.45, 2.75) is 44.2 Å². The maximum absolute atomic E-state index is 13.0. The van der Waals surface area contributed by atoms with E-state index in [0.29, 0.717) is 39.3 Å². The van der Waals surface area contributed by atoms with Crippen molar-refractivity contribution >= 4 is 18.2 Å². The Hall–Kier alpha value is -3.59. The van der Waals surface area contributed by atoms with Crippen LogP contribution >= 0.6 is 0 Å². The van der Waals surface area contributed by atoms with E-state index in [1.807, 2.05) is 24.3 Å². The number of rotatable bonds is 5. The Morgan fingerprint density at radius 1 is 0.868 bits per heavy atom. The van der Waals surface area contributed by atoms with Crippen LogP contribution in [-0.4, -0.2) is 95.0 Å². The minimum absolute atomic E-state index is 0.000267. The number of hydrogen-bond donors (Lipinski definition) is 1. The van der Waals surface area contributed by atoms with Gasteiger partial charge in [0.25, 0.3) is 0 Å². The van der Waals surface area contributed by atoms with Gasteiger partial charge in [0.1, 0.15) is 12.2 Å². The van der Waals surface area contributed by atoms with Gasteiger partial charge in [0.2, 0.25) is 0 Å². The third kappa shape index (κ3) is 5.07. The highest BCUT2D eigenvalue weighted by Gasteiger charge is 2.52. The molecule has 3 aliphatic rings. The van der Waals surface area contributed by atoms with E-state index < -0.39 is 23.2 Å². The van der Waals surface area contributed by atoms with Crippen molar-refractivity contribution in [1.29, 1.82) is 0 Å². The fraction of sp³-hybridized carbons (Fsp3) is 0.483. The molecule has 2 amide bonds. The molecule has 9 heteroatoms. The van der Waals surface area contributed by atoms with Crippen LogP contribution in [0.1, 0.15) is 44.2 Å². The highest BCUT2D eigenvalue weighted by molar-refractivity contribution is 5.79. The van der Waals surface area contributed by atoms with E-state index in [-0.39, 0.29) is 25.0 Å². The number of benzene rings is 2. The summed E-state index contributed by atoms with van der Waals surface area (Å²) in [7, 11) is 0. The van der Waals surface area contributed by atoms with E-state index in [4.69, 9.17) is 9.47 Å². The van der Waals surface area contributed by atoms with Gasteiger partial charge in [0, 0.05) is 45.2 Å². The van der Waals surface area contributed by atoms with Crippen LogP contribution in [0.5, 0.6) is 0 Å². The number of piperazine rings is 1. The summed E-state index contributed by atoms with van der Waals surface area (Å²) in [6, 6.07) is 16.5. The molecule has 2 saturated heterocycles. The molecule has 0 saturated carbocycles. The smallest absolute Gasteiger partial charge is 0.410 e. The molecule has 2 aromatic rings. The summed E-state index contributed by atoms with van der Waals surface area (Å²) < 4.78 is 11.2. The van der Waals surface area contributed by atoms with Gasteiger partial charge in [0.05, 0.1) is 12.0 Å². The number of hydrogen-bond acceptors (Lipinski definition) is 6. The Bertz CT molecular complexity index is 1180. The Morgan fingerprint density at radius 3 is 1.95 bits per heavy atom. The molecule has 0 aromatic heterocycles. The zero-order valence-corrected chi connectivity index (χ0v) is 22.2. The van der Waals surface area contributed by atoms with Gasteiger partial charge in [-0.1, -0.05) is 48.5 Å². The fourth-order valence-corrected chi connectivity index (χ4v) is 5.87. The Morgan fingerprint density at radius 2 is 1.42 bits per heavy atom. The summed E-state index contributed by atoms with van der Waals surface area (Å²) >= 11 is 0. The highest BCUT2D eigenvalue weighted by atomic mass is 16.6. The summed E-state index contributed by atoms with van der Waals surface area (Å²) in [6.07, 6.45) is -0.865. The third-order valence-electron chi connectivity index (χ3n) is 7.65. The molecule has 0 atom stereocenters. The van der Waals surface area contributed by atoms with Crippen molar-refractivity contribution in [2.24, 2.45) is 0 Å². The molecule has 0 bridgehead atoms. The van der Waals surface area contributed by atoms with Gasteiger partial charge >= 0.3 is 18.2 Å². The molecule has 2 heterocycles. The first kappa shape index (κ1) is 26.0. The van der Waals surface area contributed by atoms with Crippen LogP contribution in [0, 0.1) is 0 Å². The van der Waals surface area contributed by atoms with E-state index in [1.54, 1.807) is 30.6 Å². The lowest BCUT2D eigenvalue weighted by atomic mass is 9.84. The predicted molar refractivity (Wildman–Crippen MR) is 141 cm³/mol. The van der Waals surface area contributed by atoms with Crippen molar-refractivity contribution in [2.75, 3.05) is 45.9 Å². The monoisotopic (exact) mass is 521 g/mol. The highest BCUT2D eigenvalue weighted by Crippen LogP contribution is 2.44. The summed E-state index contributed by atoms with van der Waals surface area (Å²) in [5.74, 6) is -0.909. The number of carbonyl (C=O) groups excluding carboxylic acids is 2. The maximum Gasteiger partial charge on any atom is 0.410 e. The summed E-state index contributed by atoms with van der Waals surface area (Å²) in [5, 5.41) is 9.56. The Balaban J connectivity index is 1.17. The van der Waals surface area contributed by atoms with E-state index in [1.165, 1.54) is 22.3 Å². The second-order valence-electron chi connectivity index (χ2n) is 11.4. The molecule has 2 fully saturated rings. The van der Waals surface area contributed by atoms with E-state index in [9.17, 15) is 19.5 Å². The average molecular weight is 522 g/mol. The number of aliphatic carboxylic acids is 1. The van der Waals surface area contributed by atoms with Crippen molar-refractivity contribution in [3.05, 3.63) is 59.7 Å². The van der Waals surface area contributed by atoms with Crippen LogP contribution in [0.4, 0.5) is 9.59 Å². The first-order valence-corrected chi connectivity index (χ1v) is 13.1. The molecule has 0 radical (unpaired) electrons. The topological polar surface area (TPSA) is 99.6 Å². The molecule has 0 unspecified atom stereocenters. The molecular formula is C29H35N3O6. The number of fused-ring (bicyclic) bond motifs is 3. The predicted octanol–water partition coefficient (Wildman–Crippen LogP) is 4.02. The third-order valence-corrected chi connectivity index (χ3v) is 7.65. The Kier molecular flexibility index (Phi) is 6.81. The lowest BCUT2D eigenvalue weighted by Gasteiger charge is -2.56. The number of likely N-dealkylation sites (tertiary alicyclic amines) is 1. The number of amides is 2. The molecule has 9 nitrogen and oxygen atoms in total. The lowest BCUT2D eigenvalue weighted by molar-refractivity contribution is -0.147. The van der Waals surface area contributed by atoms with Gasteiger partial charge < -0.3 is 24.4 Å². The summed E-state index contributed by atoms with van der Waals surface area (Å²) in [4.78, 5) is 42.4. The minimum atomic E-state index is -0.909. The van der Waals surface area contributed by atoms with E-state index >= 15 is 0 Å². The maximum atomic E-state index is 13.0. The van der Waals surface area contributed by atoms with Gasteiger partial charge in [-0.2, -0.15) is 0 Å². The van der Waals surface area contributed by atoms with E-state index in [0.717, 1.165) is 0 Å². The average Bonchev–Trinajstić information content (AvgIpc) is 3.17. The first-order chi connectivity index (χ1) is 18.1. The number of carbonyl (C=O) groups is 3. The van der Waals surface area contributed by atoms with Gasteiger partial charge in [-0.05, 0) is 43.0 Å². The Labute approximate surface area is 222 Å². The van der Waals surface area contributed by atoms with Crippen LogP contribution in [0.2, 0.25) is 0 Å². The number of ether oxygens (including phenoxy) is 2. The second kappa shape index (κ2) is 9.94. The van der Waals surface area contributed by atoms with Crippen molar-refractivity contribution in [3.8, 4) is 11.1 Å². The zero-order valence-electron chi connectivity index (χ0n) is 22.2. The van der Waals surface area contributed by atoms with Gasteiger partial charge in [-0.25, -0.2) is 9.59 Å². The SMILES string of the molecule is CC(C)(C)OC(=O)N1CC(CC(=O)O)(N2CCN(C(=O)OCC3c4ccccc4-c4ccccc43)CC2)C1. The van der Waals surface area contributed by atoms with Crippen LogP contribution < -0.4 is 0 Å². The largest absolute Gasteiger partial charge is 0.481 e. The molecule has 2 aliphatic heterocycles. The number of carboxylic acid groups (broad SMARTS) is 1. The fourth-order valence-electron chi connectivity index (χ4n) is 5.87. The van der Waals surface area contributed by atoms with Crippen LogP contribution in [0.25, 0.3) is 11.1 Å². The zero-order chi connectivity index (χ0) is 27.1. The van der Waals surface area contributed by atoms with Gasteiger partial charge in [-0.3, -0.25) is 9.69 Å². The standard InChI is InChI=1S/C29H35N3O6/c1-28(2,3)38-27(36)31-18-29(19-31,16-25(33)34)32-14-12-30(13-15-32)26(35)37-17-24-22-10-6-4-8-20(22)21-9-5-7-11-23(21)24/h4-11,24H,12-19H2,1-3H3,(H,33,34). The normalized spacial score (nSPS) is 18.8. The quantitative estimate of drug-likeness (QED) is 0.635. The summed E-state index contributed by atoms with van der Waals surface area (Å²) in [5.41, 5.74) is 3.43. The molecule has 5 rings (SSSR count). The number of nitrogens with zero attached hydrogens (tertiary/aromatic N) is 3. The number of carboxylic acids is 1. The van der Waals surface area contributed by atoms with E-state index in [2.05, 4.69) is 29.2 Å². The second-order valence-corrected chi connectivity index (χ2v) is 11.4. The molecule has 0 spiro atoms. The van der Waals surface area contributed by atoms with Crippen molar-refractivity contribution < 1.29 is 29.0 Å². The molecular weight excluding hydrogens is 486 g/mol. The minimum Gasteiger partial charge on any atom is -0.481 e. The molecule has 2 aromatic carbocycles. The summed E-state index contributed by atoms with van der Waals surface area (Å²) in [6.45, 7) is 8.15. The molecule has 1 N–H and O–H groups in total. The molecule has 1 aliphatic carbocycles. The first-order valence-electron chi connectivity index (χ1n) is 13.1. The van der Waals surface area contributed by atoms with Crippen molar-refractivity contribution in [3.63, 3.8) is 0 Å². The molecule has 202 valence electrons. The van der Waals surface area contributed by atoms with Gasteiger partial charge in [0.15, 0.2) is 0 Å².